The number of ether oxygens (including phenoxy) is 2. The summed E-state index contributed by atoms with van der Waals surface area (Å²) in [5, 5.41) is 2.45. The standard InChI is InChI=1S/C26H32N2O2/c1-17(15-27(3)4)29-19-10-11-20-21-8-7-9-23-25(30-18(2)16-28(5)6)13-12-22(26(21)23)24(20)14-19/h7-14,17-18H,15-16H2,1-6H3. The number of fused-ring (bicyclic) bond motifs is 3. The molecular formula is C26H32N2O2. The average Bonchev–Trinajstić information content (AvgIpc) is 2.97. The van der Waals surface area contributed by atoms with E-state index >= 15 is 0 Å². The molecule has 0 aliphatic heterocycles. The Hall–Kier alpha value is -2.56. The van der Waals surface area contributed by atoms with Crippen LogP contribution in [0.1, 0.15) is 13.8 Å². The fourth-order valence-electron chi connectivity index (χ4n) is 4.54. The van der Waals surface area contributed by atoms with Gasteiger partial charge in [-0.05, 0) is 82.5 Å². The lowest BCUT2D eigenvalue weighted by Gasteiger charge is -2.20. The van der Waals surface area contributed by atoms with Crippen LogP contribution in [-0.4, -0.2) is 63.3 Å². The quantitative estimate of drug-likeness (QED) is 0.406. The normalized spacial score (nSPS) is 14.3. The molecule has 4 heteroatoms. The van der Waals surface area contributed by atoms with Gasteiger partial charge in [0.25, 0.3) is 0 Å². The Kier molecular flexibility index (Phi) is 5.72. The maximum atomic E-state index is 6.32. The summed E-state index contributed by atoms with van der Waals surface area (Å²) >= 11 is 0. The van der Waals surface area contributed by atoms with E-state index in [4.69, 9.17) is 9.47 Å². The van der Waals surface area contributed by atoms with Gasteiger partial charge < -0.3 is 19.3 Å². The van der Waals surface area contributed by atoms with E-state index in [1.54, 1.807) is 0 Å². The summed E-state index contributed by atoms with van der Waals surface area (Å²) in [5.41, 5.74) is 5.04. The summed E-state index contributed by atoms with van der Waals surface area (Å²) < 4.78 is 12.5. The number of benzene rings is 3. The van der Waals surface area contributed by atoms with Crippen LogP contribution in [0.15, 0.2) is 48.5 Å². The molecule has 2 atom stereocenters. The minimum Gasteiger partial charge on any atom is -0.489 e. The molecule has 1 aliphatic carbocycles. The van der Waals surface area contributed by atoms with Crippen LogP contribution in [0, 0.1) is 0 Å². The molecule has 4 rings (SSSR count). The fraction of sp³-hybridized carbons (Fsp3) is 0.385. The van der Waals surface area contributed by atoms with Crippen molar-refractivity contribution in [3.05, 3.63) is 48.5 Å². The van der Waals surface area contributed by atoms with Crippen molar-refractivity contribution in [2.24, 2.45) is 0 Å². The first-order valence-corrected chi connectivity index (χ1v) is 10.7. The van der Waals surface area contributed by atoms with Crippen LogP contribution in [0.5, 0.6) is 11.5 Å². The minimum atomic E-state index is 0.124. The Morgan fingerprint density at radius 3 is 2.03 bits per heavy atom. The zero-order valence-electron chi connectivity index (χ0n) is 18.9. The van der Waals surface area contributed by atoms with Gasteiger partial charge >= 0.3 is 0 Å². The largest absolute Gasteiger partial charge is 0.489 e. The molecule has 0 amide bonds. The highest BCUT2D eigenvalue weighted by Gasteiger charge is 2.24. The zero-order valence-corrected chi connectivity index (χ0v) is 18.9. The van der Waals surface area contributed by atoms with E-state index < -0.39 is 0 Å². The van der Waals surface area contributed by atoms with Gasteiger partial charge in [0.05, 0.1) is 0 Å². The van der Waals surface area contributed by atoms with E-state index in [2.05, 4.69) is 100 Å². The SMILES string of the molecule is CC(CN(C)C)Oc1ccc2c(c1)-c1ccc(OC(C)CN(C)C)c3cccc-2c13. The van der Waals surface area contributed by atoms with Crippen molar-refractivity contribution >= 4 is 10.8 Å². The highest BCUT2D eigenvalue weighted by atomic mass is 16.5. The van der Waals surface area contributed by atoms with Crippen molar-refractivity contribution in [3.8, 4) is 33.8 Å². The summed E-state index contributed by atoms with van der Waals surface area (Å²) in [6.45, 7) is 6.01. The van der Waals surface area contributed by atoms with Crippen LogP contribution in [0.4, 0.5) is 0 Å². The van der Waals surface area contributed by atoms with Crippen LogP contribution in [-0.2, 0) is 0 Å². The number of rotatable bonds is 8. The number of likely N-dealkylation sites (N-methyl/N-ethyl adjacent to an activating group) is 2. The van der Waals surface area contributed by atoms with Crippen molar-refractivity contribution in [2.75, 3.05) is 41.3 Å². The first kappa shape index (κ1) is 20.7. The van der Waals surface area contributed by atoms with Gasteiger partial charge in [0, 0.05) is 23.9 Å². The number of nitrogens with zero attached hydrogens (tertiary/aromatic N) is 2. The van der Waals surface area contributed by atoms with Gasteiger partial charge in [-0.15, -0.1) is 0 Å². The van der Waals surface area contributed by atoms with E-state index in [1.807, 2.05) is 0 Å². The Labute approximate surface area is 180 Å². The van der Waals surface area contributed by atoms with E-state index in [0.29, 0.717) is 0 Å². The molecule has 3 aromatic carbocycles. The zero-order chi connectivity index (χ0) is 21.4. The van der Waals surface area contributed by atoms with Crippen LogP contribution < -0.4 is 9.47 Å². The molecule has 0 fully saturated rings. The van der Waals surface area contributed by atoms with Crippen molar-refractivity contribution in [1.82, 2.24) is 9.80 Å². The van der Waals surface area contributed by atoms with Crippen molar-refractivity contribution in [3.63, 3.8) is 0 Å². The van der Waals surface area contributed by atoms with Gasteiger partial charge in [-0.1, -0.05) is 30.3 Å². The monoisotopic (exact) mass is 404 g/mol. The van der Waals surface area contributed by atoms with Crippen LogP contribution in [0.25, 0.3) is 33.0 Å². The molecule has 0 aromatic heterocycles. The molecule has 0 N–H and O–H groups in total. The van der Waals surface area contributed by atoms with Crippen molar-refractivity contribution in [2.45, 2.75) is 26.1 Å². The van der Waals surface area contributed by atoms with Gasteiger partial charge in [-0.2, -0.15) is 0 Å². The molecule has 4 nitrogen and oxygen atoms in total. The Bertz CT molecular complexity index is 1060. The maximum absolute atomic E-state index is 6.32. The second-order valence-corrected chi connectivity index (χ2v) is 8.93. The lowest BCUT2D eigenvalue weighted by atomic mass is 10.0. The molecular weight excluding hydrogens is 372 g/mol. The van der Waals surface area contributed by atoms with Gasteiger partial charge in [-0.25, -0.2) is 0 Å². The summed E-state index contributed by atoms with van der Waals surface area (Å²) in [6, 6.07) is 17.3. The summed E-state index contributed by atoms with van der Waals surface area (Å²) in [5.74, 6) is 1.87. The maximum Gasteiger partial charge on any atom is 0.127 e. The Morgan fingerprint density at radius 1 is 0.700 bits per heavy atom. The summed E-state index contributed by atoms with van der Waals surface area (Å²) in [6.07, 6.45) is 0.259. The lowest BCUT2D eigenvalue weighted by Crippen LogP contribution is -2.28. The molecule has 30 heavy (non-hydrogen) atoms. The molecule has 0 radical (unpaired) electrons. The van der Waals surface area contributed by atoms with Crippen LogP contribution in [0.3, 0.4) is 0 Å². The fourth-order valence-corrected chi connectivity index (χ4v) is 4.54. The Balaban J connectivity index is 1.69. The van der Waals surface area contributed by atoms with Gasteiger partial charge in [-0.3, -0.25) is 0 Å². The third-order valence-corrected chi connectivity index (χ3v) is 5.48. The van der Waals surface area contributed by atoms with Gasteiger partial charge in [0.15, 0.2) is 0 Å². The molecule has 0 spiro atoms. The highest BCUT2D eigenvalue weighted by molar-refractivity contribution is 6.16. The molecule has 0 heterocycles. The van der Waals surface area contributed by atoms with E-state index in [9.17, 15) is 0 Å². The van der Waals surface area contributed by atoms with Crippen LogP contribution in [0.2, 0.25) is 0 Å². The molecule has 3 aromatic rings. The lowest BCUT2D eigenvalue weighted by molar-refractivity contribution is 0.177. The third-order valence-electron chi connectivity index (χ3n) is 5.48. The molecule has 158 valence electrons. The Morgan fingerprint density at radius 2 is 1.33 bits per heavy atom. The van der Waals surface area contributed by atoms with Crippen molar-refractivity contribution in [1.29, 1.82) is 0 Å². The highest BCUT2D eigenvalue weighted by Crippen LogP contribution is 2.50. The van der Waals surface area contributed by atoms with Gasteiger partial charge in [0.2, 0.25) is 0 Å². The predicted molar refractivity (Wildman–Crippen MR) is 126 cm³/mol. The summed E-state index contributed by atoms with van der Waals surface area (Å²) in [7, 11) is 8.28. The number of hydrogen-bond acceptors (Lipinski definition) is 4. The first-order chi connectivity index (χ1) is 14.3. The first-order valence-electron chi connectivity index (χ1n) is 10.7. The topological polar surface area (TPSA) is 24.9 Å². The smallest absolute Gasteiger partial charge is 0.127 e. The second-order valence-electron chi connectivity index (χ2n) is 8.93. The van der Waals surface area contributed by atoms with Crippen LogP contribution >= 0.6 is 0 Å². The average molecular weight is 405 g/mol. The summed E-state index contributed by atoms with van der Waals surface area (Å²) in [4.78, 5) is 4.30. The van der Waals surface area contributed by atoms with Gasteiger partial charge in [0.1, 0.15) is 23.7 Å². The van der Waals surface area contributed by atoms with E-state index in [1.165, 1.54) is 33.0 Å². The predicted octanol–water partition coefficient (Wildman–Crippen LogP) is 5.15. The van der Waals surface area contributed by atoms with E-state index in [-0.39, 0.29) is 12.2 Å². The van der Waals surface area contributed by atoms with E-state index in [0.717, 1.165) is 24.6 Å². The second kappa shape index (κ2) is 8.29. The molecule has 0 saturated heterocycles. The number of hydrogen-bond donors (Lipinski definition) is 0. The molecule has 2 unspecified atom stereocenters. The molecule has 0 saturated carbocycles. The minimum absolute atomic E-state index is 0.124. The molecule has 0 bridgehead atoms. The molecule has 1 aliphatic rings. The third kappa shape index (κ3) is 4.03. The van der Waals surface area contributed by atoms with Crippen molar-refractivity contribution < 1.29 is 9.47 Å².